The van der Waals surface area contributed by atoms with Crippen LogP contribution in [0.15, 0.2) is 71.7 Å². The Hall–Kier alpha value is -4.30. The summed E-state index contributed by atoms with van der Waals surface area (Å²) in [4.78, 5) is 18.4. The number of aliphatic carboxylic acids is 1. The van der Waals surface area contributed by atoms with Crippen LogP contribution < -0.4 is 5.32 Å². The molecule has 0 radical (unpaired) electrons. The highest BCUT2D eigenvalue weighted by Gasteiger charge is 2.36. The Balaban J connectivity index is 1.38. The van der Waals surface area contributed by atoms with Gasteiger partial charge in [0.15, 0.2) is 5.82 Å². The molecule has 1 aliphatic rings. The fraction of sp³-hybridized carbons (Fsp3) is 0.226. The van der Waals surface area contributed by atoms with Crippen molar-refractivity contribution in [1.82, 2.24) is 14.8 Å². The Morgan fingerprint density at radius 2 is 1.77 bits per heavy atom. The summed E-state index contributed by atoms with van der Waals surface area (Å²) in [5.41, 5.74) is 6.11. The van der Waals surface area contributed by atoms with Crippen LogP contribution in [0.1, 0.15) is 51.7 Å². The lowest BCUT2D eigenvalue weighted by molar-refractivity contribution is -0.141. The van der Waals surface area contributed by atoms with Crippen molar-refractivity contribution in [2.24, 2.45) is 10.9 Å². The van der Waals surface area contributed by atoms with Crippen molar-refractivity contribution in [2.45, 2.75) is 40.3 Å². The van der Waals surface area contributed by atoms with Gasteiger partial charge in [0, 0.05) is 28.2 Å². The Bertz CT molecular complexity index is 1740. The zero-order valence-corrected chi connectivity index (χ0v) is 23.1. The molecule has 0 spiro atoms. The molecule has 196 valence electrons. The highest BCUT2D eigenvalue weighted by molar-refractivity contribution is 7.15. The van der Waals surface area contributed by atoms with Crippen LogP contribution in [0.4, 0.5) is 5.69 Å². The summed E-state index contributed by atoms with van der Waals surface area (Å²) in [7, 11) is 0. The van der Waals surface area contributed by atoms with Gasteiger partial charge in [-0.05, 0) is 61.7 Å². The van der Waals surface area contributed by atoms with Gasteiger partial charge in [-0.25, -0.2) is 0 Å². The van der Waals surface area contributed by atoms with Crippen molar-refractivity contribution in [1.29, 1.82) is 0 Å². The van der Waals surface area contributed by atoms with E-state index in [1.165, 1.54) is 21.2 Å². The lowest BCUT2D eigenvalue weighted by Gasteiger charge is -2.16. The summed E-state index contributed by atoms with van der Waals surface area (Å²) in [6, 6.07) is 22.3. The minimum Gasteiger partial charge on any atom is -0.481 e. The minimum atomic E-state index is -0.915. The molecule has 0 saturated heterocycles. The predicted molar refractivity (Wildman–Crippen MR) is 156 cm³/mol. The lowest BCUT2D eigenvalue weighted by Crippen LogP contribution is -2.21. The number of carboxylic acids is 1. The molecule has 3 heterocycles. The number of aliphatic imine (C=N–C) groups is 1. The van der Waals surface area contributed by atoms with E-state index in [1.807, 2.05) is 11.5 Å². The van der Waals surface area contributed by atoms with E-state index in [0.29, 0.717) is 12.4 Å². The van der Waals surface area contributed by atoms with E-state index < -0.39 is 17.9 Å². The number of carbonyl (C=O) groups is 1. The second-order valence-electron chi connectivity index (χ2n) is 10.0. The number of anilines is 1. The highest BCUT2D eigenvalue weighted by Crippen LogP contribution is 2.40. The number of nitrogens with one attached hydrogen (secondary N) is 1. The van der Waals surface area contributed by atoms with E-state index in [2.05, 4.69) is 96.1 Å². The summed E-state index contributed by atoms with van der Waals surface area (Å²) in [5.74, 6) is -0.395. The quantitative estimate of drug-likeness (QED) is 0.255. The number of benzene rings is 3. The van der Waals surface area contributed by atoms with Crippen LogP contribution >= 0.6 is 11.3 Å². The van der Waals surface area contributed by atoms with Crippen molar-refractivity contribution in [3.8, 4) is 5.00 Å². The summed E-state index contributed by atoms with van der Waals surface area (Å²) in [6.45, 7) is 8.49. The van der Waals surface area contributed by atoms with Crippen LogP contribution in [0, 0.1) is 26.7 Å². The molecule has 2 aromatic heterocycles. The maximum atomic E-state index is 12.1. The normalized spacial score (nSPS) is 15.3. The maximum absolute atomic E-state index is 12.1. The van der Waals surface area contributed by atoms with E-state index >= 15 is 0 Å². The zero-order chi connectivity index (χ0) is 27.3. The predicted octanol–water partition coefficient (Wildman–Crippen LogP) is 6.63. The molecular formula is C31H29N5O2S. The number of aromatic nitrogens is 3. The molecule has 3 aromatic carbocycles. The number of hydrogen-bond donors (Lipinski definition) is 2. The van der Waals surface area contributed by atoms with Crippen LogP contribution in [-0.2, 0) is 11.3 Å². The lowest BCUT2D eigenvalue weighted by atomic mass is 9.98. The molecule has 2 N–H and O–H groups in total. The molecule has 7 nitrogen and oxygen atoms in total. The zero-order valence-electron chi connectivity index (χ0n) is 22.3. The maximum Gasteiger partial charge on any atom is 0.308 e. The van der Waals surface area contributed by atoms with E-state index in [4.69, 9.17) is 4.99 Å². The van der Waals surface area contributed by atoms with Gasteiger partial charge >= 0.3 is 5.97 Å². The fourth-order valence-corrected chi connectivity index (χ4v) is 6.42. The van der Waals surface area contributed by atoms with Gasteiger partial charge in [-0.15, -0.1) is 21.5 Å². The number of thiophene rings is 1. The summed E-state index contributed by atoms with van der Waals surface area (Å²) < 4.78 is 1.99. The van der Waals surface area contributed by atoms with Gasteiger partial charge in [0.2, 0.25) is 0 Å². The summed E-state index contributed by atoms with van der Waals surface area (Å²) in [5, 5.41) is 25.6. The standard InChI is InChI=1S/C31H29N5O2S/c1-17-19(3)39-30-26(17)28(33-27(18(2)31(37)38)29-35-34-20(4)36(29)30)22-12-14-24(15-13-22)32-16-23-10-7-9-21-8-5-6-11-25(21)23/h5-15,18,27,32H,16H2,1-4H3,(H,37,38)/t18?,27-/m0/s1. The van der Waals surface area contributed by atoms with Crippen LogP contribution in [0.5, 0.6) is 0 Å². The average molecular weight is 536 g/mol. The first-order valence-electron chi connectivity index (χ1n) is 13.0. The van der Waals surface area contributed by atoms with Crippen molar-refractivity contribution in [2.75, 3.05) is 5.32 Å². The molecule has 2 atom stereocenters. The Morgan fingerprint density at radius 1 is 1.03 bits per heavy atom. The molecular weight excluding hydrogens is 506 g/mol. The summed E-state index contributed by atoms with van der Waals surface area (Å²) >= 11 is 1.66. The second kappa shape index (κ2) is 9.78. The van der Waals surface area contributed by atoms with Gasteiger partial charge in [-0.3, -0.25) is 14.4 Å². The first kappa shape index (κ1) is 25.0. The number of aryl methyl sites for hydroxylation is 2. The van der Waals surface area contributed by atoms with Crippen LogP contribution in [-0.4, -0.2) is 31.6 Å². The topological polar surface area (TPSA) is 92.4 Å². The molecule has 0 saturated carbocycles. The first-order valence-corrected chi connectivity index (χ1v) is 13.8. The van der Waals surface area contributed by atoms with Gasteiger partial charge in [0.25, 0.3) is 0 Å². The smallest absolute Gasteiger partial charge is 0.308 e. The summed E-state index contributed by atoms with van der Waals surface area (Å²) in [6.07, 6.45) is 0. The third-order valence-electron chi connectivity index (χ3n) is 7.57. The van der Waals surface area contributed by atoms with E-state index in [9.17, 15) is 9.90 Å². The SMILES string of the molecule is Cc1sc2c(c1C)C(c1ccc(NCc3cccc4ccccc34)cc1)=N[C@@H](C(C)C(=O)O)c1nnc(C)n1-2. The number of rotatable bonds is 6. The molecule has 39 heavy (non-hydrogen) atoms. The van der Waals surface area contributed by atoms with Crippen LogP contribution in [0.2, 0.25) is 0 Å². The molecule has 5 aromatic rings. The largest absolute Gasteiger partial charge is 0.481 e. The molecule has 0 bridgehead atoms. The third kappa shape index (κ3) is 4.30. The van der Waals surface area contributed by atoms with Crippen molar-refractivity contribution in [3.05, 3.63) is 106 Å². The van der Waals surface area contributed by atoms with Gasteiger partial charge in [-0.1, -0.05) is 54.6 Å². The van der Waals surface area contributed by atoms with E-state index in [0.717, 1.165) is 38.9 Å². The van der Waals surface area contributed by atoms with Gasteiger partial charge < -0.3 is 10.4 Å². The third-order valence-corrected chi connectivity index (χ3v) is 8.77. The van der Waals surface area contributed by atoms with E-state index in [-0.39, 0.29) is 0 Å². The number of fused-ring (bicyclic) bond motifs is 4. The molecule has 0 fully saturated rings. The highest BCUT2D eigenvalue weighted by atomic mass is 32.1. The molecule has 0 amide bonds. The second-order valence-corrected chi connectivity index (χ2v) is 11.2. The van der Waals surface area contributed by atoms with Crippen molar-refractivity contribution >= 4 is 39.5 Å². The fourth-order valence-electron chi connectivity index (χ4n) is 5.21. The van der Waals surface area contributed by atoms with Crippen LogP contribution in [0.25, 0.3) is 15.8 Å². The van der Waals surface area contributed by atoms with Gasteiger partial charge in [0.1, 0.15) is 16.9 Å². The monoisotopic (exact) mass is 535 g/mol. The minimum absolute atomic E-state index is 0.563. The Morgan fingerprint density at radius 3 is 2.54 bits per heavy atom. The Kier molecular flexibility index (Phi) is 6.27. The molecule has 6 rings (SSSR count). The van der Waals surface area contributed by atoms with Crippen molar-refractivity contribution in [3.63, 3.8) is 0 Å². The molecule has 1 aliphatic heterocycles. The van der Waals surface area contributed by atoms with Crippen molar-refractivity contribution < 1.29 is 9.90 Å². The van der Waals surface area contributed by atoms with E-state index in [1.54, 1.807) is 18.3 Å². The number of carboxylic acid groups (broad SMARTS) is 1. The average Bonchev–Trinajstić information content (AvgIpc) is 3.41. The van der Waals surface area contributed by atoms with Gasteiger partial charge in [0.05, 0.1) is 11.6 Å². The Labute approximate surface area is 230 Å². The van der Waals surface area contributed by atoms with Crippen LogP contribution in [0.3, 0.4) is 0 Å². The number of hydrogen-bond acceptors (Lipinski definition) is 6. The molecule has 0 aliphatic carbocycles. The first-order chi connectivity index (χ1) is 18.8. The molecule has 1 unspecified atom stereocenters. The van der Waals surface area contributed by atoms with Gasteiger partial charge in [-0.2, -0.15) is 0 Å². The number of nitrogens with zero attached hydrogens (tertiary/aromatic N) is 4. The molecule has 8 heteroatoms.